The fourth-order valence-corrected chi connectivity index (χ4v) is 3.76. The molecule has 0 radical (unpaired) electrons. The molecule has 0 aromatic heterocycles. The zero-order valence-corrected chi connectivity index (χ0v) is 14.7. The van der Waals surface area contributed by atoms with Gasteiger partial charge in [0.1, 0.15) is 6.54 Å². The maximum absolute atomic E-state index is 12.7. The molecule has 24 heavy (non-hydrogen) atoms. The van der Waals surface area contributed by atoms with Crippen molar-refractivity contribution in [1.29, 1.82) is 0 Å². The Labute approximate surface area is 144 Å². The summed E-state index contributed by atoms with van der Waals surface area (Å²) in [4.78, 5) is 30.1. The van der Waals surface area contributed by atoms with Crippen LogP contribution in [-0.4, -0.2) is 60.4 Å². The van der Waals surface area contributed by atoms with Gasteiger partial charge in [-0.1, -0.05) is 30.3 Å². The molecule has 5 nitrogen and oxygen atoms in total. The van der Waals surface area contributed by atoms with E-state index in [4.69, 9.17) is 0 Å². The van der Waals surface area contributed by atoms with Gasteiger partial charge < -0.3 is 14.7 Å². The molecule has 0 spiro atoms. The van der Waals surface area contributed by atoms with Crippen LogP contribution >= 0.6 is 0 Å². The van der Waals surface area contributed by atoms with Crippen LogP contribution in [0, 0.1) is 5.92 Å². The van der Waals surface area contributed by atoms with Crippen molar-refractivity contribution in [1.82, 2.24) is 9.80 Å². The number of nitrogens with one attached hydrogen (secondary N) is 1. The fourth-order valence-electron chi connectivity index (χ4n) is 3.76. The van der Waals surface area contributed by atoms with Gasteiger partial charge in [0.05, 0.1) is 32.1 Å². The Bertz CT molecular complexity index is 580. The standard InChI is InChI=1S/C19H27N3O2/c1-15(2)22-14-17(12-18(22)23)19(24)21-10-8-20(9-11-21)13-16-6-4-3-5-7-16/h3-7,15,17H,8-14H2,1-2H3/p+1/t17-/m0/s1. The van der Waals surface area contributed by atoms with Crippen LogP contribution in [0.15, 0.2) is 30.3 Å². The molecule has 1 atom stereocenters. The quantitative estimate of drug-likeness (QED) is 0.855. The first kappa shape index (κ1) is 17.0. The molecule has 2 fully saturated rings. The van der Waals surface area contributed by atoms with E-state index >= 15 is 0 Å². The molecule has 0 aliphatic carbocycles. The van der Waals surface area contributed by atoms with Crippen LogP contribution in [-0.2, 0) is 16.1 Å². The third kappa shape index (κ3) is 3.78. The van der Waals surface area contributed by atoms with Crippen molar-refractivity contribution >= 4 is 11.8 Å². The summed E-state index contributed by atoms with van der Waals surface area (Å²) >= 11 is 0. The first-order valence-electron chi connectivity index (χ1n) is 9.00. The Morgan fingerprint density at radius 1 is 1.21 bits per heavy atom. The molecular formula is C19H28N3O2+. The number of carbonyl (C=O) groups is 2. The van der Waals surface area contributed by atoms with Crippen LogP contribution < -0.4 is 4.90 Å². The van der Waals surface area contributed by atoms with E-state index in [9.17, 15) is 9.59 Å². The SMILES string of the molecule is CC(C)N1C[C@@H](C(=O)N2CC[NH+](Cc3ccccc3)CC2)CC1=O. The number of hydrogen-bond acceptors (Lipinski definition) is 2. The molecule has 2 saturated heterocycles. The van der Waals surface area contributed by atoms with Gasteiger partial charge in [-0.15, -0.1) is 0 Å². The van der Waals surface area contributed by atoms with Crippen molar-refractivity contribution in [3.05, 3.63) is 35.9 Å². The Morgan fingerprint density at radius 3 is 2.46 bits per heavy atom. The van der Waals surface area contributed by atoms with Crippen molar-refractivity contribution in [2.75, 3.05) is 32.7 Å². The lowest BCUT2D eigenvalue weighted by molar-refractivity contribution is -0.917. The summed E-state index contributed by atoms with van der Waals surface area (Å²) in [5.74, 6) is 0.150. The van der Waals surface area contributed by atoms with Gasteiger partial charge in [-0.05, 0) is 13.8 Å². The zero-order chi connectivity index (χ0) is 17.1. The molecule has 2 amide bonds. The van der Waals surface area contributed by atoms with Gasteiger partial charge in [-0.3, -0.25) is 9.59 Å². The van der Waals surface area contributed by atoms with Crippen LogP contribution in [0.5, 0.6) is 0 Å². The maximum Gasteiger partial charge on any atom is 0.228 e. The summed E-state index contributed by atoms with van der Waals surface area (Å²) in [6, 6.07) is 10.7. The number of piperazine rings is 1. The average Bonchev–Trinajstić information content (AvgIpc) is 2.98. The normalized spacial score (nSPS) is 22.5. The summed E-state index contributed by atoms with van der Waals surface area (Å²) in [5.41, 5.74) is 1.35. The predicted molar refractivity (Wildman–Crippen MR) is 92.4 cm³/mol. The summed E-state index contributed by atoms with van der Waals surface area (Å²) < 4.78 is 0. The van der Waals surface area contributed by atoms with Gasteiger partial charge in [-0.25, -0.2) is 0 Å². The third-order valence-corrected chi connectivity index (χ3v) is 5.21. The van der Waals surface area contributed by atoms with Crippen LogP contribution in [0.4, 0.5) is 0 Å². The van der Waals surface area contributed by atoms with Crippen LogP contribution in [0.25, 0.3) is 0 Å². The van der Waals surface area contributed by atoms with E-state index in [1.807, 2.05) is 29.7 Å². The van der Waals surface area contributed by atoms with Crippen LogP contribution in [0.3, 0.4) is 0 Å². The molecule has 5 heteroatoms. The number of quaternary nitrogens is 1. The lowest BCUT2D eigenvalue weighted by Gasteiger charge is -2.33. The van der Waals surface area contributed by atoms with E-state index in [1.165, 1.54) is 10.5 Å². The largest absolute Gasteiger partial charge is 0.339 e. The highest BCUT2D eigenvalue weighted by Gasteiger charge is 2.38. The number of amides is 2. The molecular weight excluding hydrogens is 302 g/mol. The molecule has 2 aliphatic rings. The third-order valence-electron chi connectivity index (χ3n) is 5.21. The Kier molecular flexibility index (Phi) is 5.19. The monoisotopic (exact) mass is 330 g/mol. The Balaban J connectivity index is 1.50. The van der Waals surface area contributed by atoms with Gasteiger partial charge >= 0.3 is 0 Å². The van der Waals surface area contributed by atoms with Crippen molar-refractivity contribution in [3.8, 4) is 0 Å². The highest BCUT2D eigenvalue weighted by molar-refractivity contribution is 5.89. The van der Waals surface area contributed by atoms with Crippen molar-refractivity contribution < 1.29 is 14.5 Å². The number of rotatable bonds is 4. The van der Waals surface area contributed by atoms with Gasteiger partial charge in [0, 0.05) is 24.6 Å². The molecule has 0 saturated carbocycles. The van der Waals surface area contributed by atoms with Gasteiger partial charge in [-0.2, -0.15) is 0 Å². The van der Waals surface area contributed by atoms with Crippen LogP contribution in [0.2, 0.25) is 0 Å². The van der Waals surface area contributed by atoms with E-state index in [1.54, 1.807) is 0 Å². The van der Waals surface area contributed by atoms with E-state index in [0.29, 0.717) is 13.0 Å². The van der Waals surface area contributed by atoms with Crippen molar-refractivity contribution in [2.45, 2.75) is 32.9 Å². The highest BCUT2D eigenvalue weighted by Crippen LogP contribution is 2.22. The smallest absolute Gasteiger partial charge is 0.228 e. The summed E-state index contributed by atoms with van der Waals surface area (Å²) in [7, 11) is 0. The molecule has 2 heterocycles. The first-order chi connectivity index (χ1) is 11.5. The lowest BCUT2D eigenvalue weighted by Crippen LogP contribution is -3.13. The number of hydrogen-bond donors (Lipinski definition) is 1. The summed E-state index contributed by atoms with van der Waals surface area (Å²) in [6.45, 7) is 9.19. The summed E-state index contributed by atoms with van der Waals surface area (Å²) in [6.07, 6.45) is 0.383. The average molecular weight is 330 g/mol. The fraction of sp³-hybridized carbons (Fsp3) is 0.579. The second-order valence-electron chi connectivity index (χ2n) is 7.28. The first-order valence-corrected chi connectivity index (χ1v) is 9.00. The number of carbonyl (C=O) groups excluding carboxylic acids is 2. The molecule has 1 aromatic rings. The Hall–Kier alpha value is -1.88. The van der Waals surface area contributed by atoms with E-state index in [0.717, 1.165) is 32.7 Å². The number of likely N-dealkylation sites (tertiary alicyclic amines) is 1. The topological polar surface area (TPSA) is 45.1 Å². The van der Waals surface area contributed by atoms with Crippen molar-refractivity contribution in [3.63, 3.8) is 0 Å². The highest BCUT2D eigenvalue weighted by atomic mass is 16.2. The van der Waals surface area contributed by atoms with Gasteiger partial charge in [0.2, 0.25) is 11.8 Å². The molecule has 0 unspecified atom stereocenters. The number of benzene rings is 1. The minimum Gasteiger partial charge on any atom is -0.339 e. The summed E-state index contributed by atoms with van der Waals surface area (Å²) in [5, 5.41) is 0. The van der Waals surface area contributed by atoms with Crippen LogP contribution in [0.1, 0.15) is 25.8 Å². The lowest BCUT2D eigenvalue weighted by atomic mass is 10.1. The number of nitrogens with zero attached hydrogens (tertiary/aromatic N) is 2. The second-order valence-corrected chi connectivity index (χ2v) is 7.28. The minimum absolute atomic E-state index is 0.122. The maximum atomic E-state index is 12.7. The van der Waals surface area contributed by atoms with E-state index in [2.05, 4.69) is 24.3 Å². The minimum atomic E-state index is -0.143. The second kappa shape index (κ2) is 7.34. The van der Waals surface area contributed by atoms with Gasteiger partial charge in [0.25, 0.3) is 0 Å². The van der Waals surface area contributed by atoms with Crippen molar-refractivity contribution in [2.24, 2.45) is 5.92 Å². The molecule has 1 aromatic carbocycles. The Morgan fingerprint density at radius 2 is 1.88 bits per heavy atom. The molecule has 130 valence electrons. The molecule has 2 aliphatic heterocycles. The predicted octanol–water partition coefficient (Wildman–Crippen LogP) is 0.171. The molecule has 0 bridgehead atoms. The zero-order valence-electron chi connectivity index (χ0n) is 14.7. The van der Waals surface area contributed by atoms with E-state index < -0.39 is 0 Å². The molecule has 1 N–H and O–H groups in total. The molecule has 3 rings (SSSR count). The van der Waals surface area contributed by atoms with E-state index in [-0.39, 0.29) is 23.8 Å². The van der Waals surface area contributed by atoms with Gasteiger partial charge in [0.15, 0.2) is 0 Å².